The first-order chi connectivity index (χ1) is 14.8. The van der Waals surface area contributed by atoms with E-state index in [0.717, 1.165) is 62.7 Å². The molecule has 30 heavy (non-hydrogen) atoms. The number of hydrogen-bond acceptors (Lipinski definition) is 6. The van der Waals surface area contributed by atoms with Crippen molar-refractivity contribution >= 4 is 0 Å². The van der Waals surface area contributed by atoms with Crippen molar-refractivity contribution in [1.29, 1.82) is 0 Å². The van der Waals surface area contributed by atoms with E-state index in [-0.39, 0.29) is 0 Å². The summed E-state index contributed by atoms with van der Waals surface area (Å²) in [5.41, 5.74) is 9.31. The van der Waals surface area contributed by atoms with Gasteiger partial charge in [-0.2, -0.15) is 0 Å². The van der Waals surface area contributed by atoms with Crippen LogP contribution in [-0.4, -0.2) is 51.5 Å². The Morgan fingerprint density at radius 1 is 1.03 bits per heavy atom. The lowest BCUT2D eigenvalue weighted by Crippen LogP contribution is -2.37. The highest BCUT2D eigenvalue weighted by atomic mass is 16.5. The fraction of sp³-hybridized carbons (Fsp3) is 0.500. The average Bonchev–Trinajstić information content (AvgIpc) is 3.46. The predicted molar refractivity (Wildman–Crippen MR) is 118 cm³/mol. The molecule has 0 bridgehead atoms. The van der Waals surface area contributed by atoms with Crippen LogP contribution in [0.4, 0.5) is 0 Å². The molecule has 0 saturated carbocycles. The van der Waals surface area contributed by atoms with Crippen molar-refractivity contribution in [2.24, 2.45) is 5.92 Å². The van der Waals surface area contributed by atoms with Crippen molar-refractivity contribution < 1.29 is 14.2 Å². The Morgan fingerprint density at radius 3 is 2.63 bits per heavy atom. The molecular formula is C24H33N3O3. The van der Waals surface area contributed by atoms with Crippen LogP contribution >= 0.6 is 0 Å². The third-order valence-electron chi connectivity index (χ3n) is 6.11. The SMILES string of the molecule is COc1cccc(CN(CC2CCCO2)CC2CNNC2c2ccccc2)c1OC. The van der Waals surface area contributed by atoms with Gasteiger partial charge in [0.05, 0.1) is 26.4 Å². The molecule has 0 radical (unpaired) electrons. The van der Waals surface area contributed by atoms with Crippen LogP contribution in [0.5, 0.6) is 11.5 Å². The van der Waals surface area contributed by atoms with E-state index in [1.54, 1.807) is 14.2 Å². The summed E-state index contributed by atoms with van der Waals surface area (Å²) in [5.74, 6) is 2.06. The molecule has 0 aromatic heterocycles. The van der Waals surface area contributed by atoms with Crippen molar-refractivity contribution in [2.75, 3.05) is 40.5 Å². The fourth-order valence-electron chi connectivity index (χ4n) is 4.65. The Kier molecular flexibility index (Phi) is 7.23. The van der Waals surface area contributed by atoms with Gasteiger partial charge in [0, 0.05) is 44.3 Å². The van der Waals surface area contributed by atoms with Crippen molar-refractivity contribution in [3.8, 4) is 11.5 Å². The van der Waals surface area contributed by atoms with Crippen LogP contribution in [0.1, 0.15) is 30.0 Å². The van der Waals surface area contributed by atoms with Crippen LogP contribution < -0.4 is 20.3 Å². The highest BCUT2D eigenvalue weighted by molar-refractivity contribution is 5.46. The Labute approximate surface area is 179 Å². The number of rotatable bonds is 9. The van der Waals surface area contributed by atoms with Gasteiger partial charge in [-0.05, 0) is 24.5 Å². The van der Waals surface area contributed by atoms with E-state index in [9.17, 15) is 0 Å². The fourth-order valence-corrected chi connectivity index (χ4v) is 4.65. The van der Waals surface area contributed by atoms with E-state index in [1.807, 2.05) is 12.1 Å². The van der Waals surface area contributed by atoms with Crippen LogP contribution in [0.15, 0.2) is 48.5 Å². The van der Waals surface area contributed by atoms with E-state index in [2.05, 4.69) is 52.1 Å². The molecular weight excluding hydrogens is 378 g/mol. The summed E-state index contributed by atoms with van der Waals surface area (Å²) < 4.78 is 17.2. The predicted octanol–water partition coefficient (Wildman–Crippen LogP) is 3.15. The molecule has 4 rings (SSSR count). The summed E-state index contributed by atoms with van der Waals surface area (Å²) in [7, 11) is 3.40. The standard InChI is InChI=1S/C24H33N3O3/c1-28-22-12-6-10-19(24(22)29-2)15-27(17-21-11-7-13-30-21)16-20-14-25-26-23(20)18-8-4-3-5-9-18/h3-6,8-10,12,20-21,23,25-26H,7,11,13-17H2,1-2H3. The third kappa shape index (κ3) is 4.95. The van der Waals surface area contributed by atoms with Gasteiger partial charge in [-0.25, -0.2) is 5.43 Å². The monoisotopic (exact) mass is 411 g/mol. The van der Waals surface area contributed by atoms with Gasteiger partial charge in [-0.15, -0.1) is 0 Å². The van der Waals surface area contributed by atoms with Crippen LogP contribution in [0, 0.1) is 5.92 Å². The van der Waals surface area contributed by atoms with E-state index >= 15 is 0 Å². The van der Waals surface area contributed by atoms with Gasteiger partial charge in [0.1, 0.15) is 0 Å². The minimum absolute atomic E-state index is 0.297. The van der Waals surface area contributed by atoms with Gasteiger partial charge in [0.2, 0.25) is 0 Å². The number of hydrazine groups is 1. The van der Waals surface area contributed by atoms with Crippen LogP contribution in [0.3, 0.4) is 0 Å². The number of hydrogen-bond donors (Lipinski definition) is 2. The lowest BCUT2D eigenvalue weighted by molar-refractivity contribution is 0.0640. The maximum absolute atomic E-state index is 5.97. The first-order valence-electron chi connectivity index (χ1n) is 10.9. The van der Waals surface area contributed by atoms with Gasteiger partial charge in [-0.1, -0.05) is 42.5 Å². The van der Waals surface area contributed by atoms with Gasteiger partial charge in [0.25, 0.3) is 0 Å². The molecule has 3 atom stereocenters. The molecule has 2 aliphatic rings. The normalized spacial score (nSPS) is 23.8. The molecule has 3 unspecified atom stereocenters. The number of ether oxygens (including phenoxy) is 3. The number of nitrogens with zero attached hydrogens (tertiary/aromatic N) is 1. The number of benzene rings is 2. The molecule has 2 N–H and O–H groups in total. The molecule has 6 nitrogen and oxygen atoms in total. The number of para-hydroxylation sites is 1. The molecule has 0 spiro atoms. The van der Waals surface area contributed by atoms with Crippen molar-refractivity contribution in [3.63, 3.8) is 0 Å². The summed E-state index contributed by atoms with van der Waals surface area (Å²) in [5, 5.41) is 0. The van der Waals surface area contributed by atoms with Gasteiger partial charge >= 0.3 is 0 Å². The quantitative estimate of drug-likeness (QED) is 0.661. The molecule has 2 aromatic rings. The van der Waals surface area contributed by atoms with E-state index in [0.29, 0.717) is 18.1 Å². The van der Waals surface area contributed by atoms with Crippen molar-refractivity contribution in [3.05, 3.63) is 59.7 Å². The van der Waals surface area contributed by atoms with Crippen LogP contribution in [-0.2, 0) is 11.3 Å². The molecule has 0 aliphatic carbocycles. The zero-order valence-corrected chi connectivity index (χ0v) is 18.0. The second-order valence-electron chi connectivity index (χ2n) is 8.16. The summed E-state index contributed by atoms with van der Waals surface area (Å²) in [4.78, 5) is 2.52. The maximum atomic E-state index is 5.97. The van der Waals surface area contributed by atoms with Crippen LogP contribution in [0.2, 0.25) is 0 Å². The molecule has 2 fully saturated rings. The van der Waals surface area contributed by atoms with Crippen molar-refractivity contribution in [1.82, 2.24) is 15.8 Å². The van der Waals surface area contributed by atoms with Crippen molar-refractivity contribution in [2.45, 2.75) is 31.5 Å². The zero-order chi connectivity index (χ0) is 20.8. The molecule has 162 valence electrons. The molecule has 2 aromatic carbocycles. The summed E-state index contributed by atoms with van der Waals surface area (Å²) >= 11 is 0. The Morgan fingerprint density at radius 2 is 1.90 bits per heavy atom. The van der Waals surface area contributed by atoms with E-state index in [1.165, 1.54) is 5.56 Å². The minimum Gasteiger partial charge on any atom is -0.493 e. The molecule has 2 heterocycles. The third-order valence-corrected chi connectivity index (χ3v) is 6.11. The smallest absolute Gasteiger partial charge is 0.165 e. The van der Waals surface area contributed by atoms with E-state index in [4.69, 9.17) is 14.2 Å². The Bertz CT molecular complexity index is 796. The second kappa shape index (κ2) is 10.3. The van der Waals surface area contributed by atoms with E-state index < -0.39 is 0 Å². The largest absolute Gasteiger partial charge is 0.493 e. The molecule has 2 aliphatic heterocycles. The number of methoxy groups -OCH3 is 2. The maximum Gasteiger partial charge on any atom is 0.165 e. The minimum atomic E-state index is 0.297. The summed E-state index contributed by atoms with van der Waals surface area (Å²) in [6.07, 6.45) is 2.59. The molecule has 2 saturated heterocycles. The lowest BCUT2D eigenvalue weighted by atomic mass is 9.94. The molecule has 0 amide bonds. The number of nitrogens with one attached hydrogen (secondary N) is 2. The Balaban J connectivity index is 1.53. The van der Waals surface area contributed by atoms with Gasteiger partial charge in [-0.3, -0.25) is 10.3 Å². The topological polar surface area (TPSA) is 55.0 Å². The first-order valence-corrected chi connectivity index (χ1v) is 10.9. The lowest BCUT2D eigenvalue weighted by Gasteiger charge is -2.30. The van der Waals surface area contributed by atoms with Gasteiger partial charge < -0.3 is 14.2 Å². The highest BCUT2D eigenvalue weighted by Gasteiger charge is 2.31. The first kappa shape index (κ1) is 21.1. The summed E-state index contributed by atoms with van der Waals surface area (Å²) in [6.45, 7) is 4.52. The highest BCUT2D eigenvalue weighted by Crippen LogP contribution is 2.33. The van der Waals surface area contributed by atoms with Gasteiger partial charge in [0.15, 0.2) is 11.5 Å². The van der Waals surface area contributed by atoms with Crippen LogP contribution in [0.25, 0.3) is 0 Å². The second-order valence-corrected chi connectivity index (χ2v) is 8.16. The molecule has 6 heteroatoms. The average molecular weight is 412 g/mol. The zero-order valence-electron chi connectivity index (χ0n) is 18.0. The Hall–Kier alpha value is -2.12. The summed E-state index contributed by atoms with van der Waals surface area (Å²) in [6, 6.07) is 17.1.